The van der Waals surface area contributed by atoms with Crippen molar-refractivity contribution in [2.45, 2.75) is 0 Å². The lowest BCUT2D eigenvalue weighted by atomic mass is 10.1. The van der Waals surface area contributed by atoms with Crippen LogP contribution in [0.4, 0.5) is 0 Å². The number of hydrogen-bond donors (Lipinski definition) is 1. The van der Waals surface area contributed by atoms with E-state index in [1.165, 1.54) is 0 Å². The Morgan fingerprint density at radius 2 is 2.24 bits per heavy atom. The fourth-order valence-corrected chi connectivity index (χ4v) is 1.92. The molecule has 0 atom stereocenters. The van der Waals surface area contributed by atoms with Crippen LogP contribution >= 0.6 is 0 Å². The van der Waals surface area contributed by atoms with Gasteiger partial charge in [-0.15, -0.1) is 0 Å². The highest BCUT2D eigenvalue weighted by Crippen LogP contribution is 2.31. The molecule has 1 aromatic carbocycles. The van der Waals surface area contributed by atoms with Gasteiger partial charge in [-0.1, -0.05) is 12.1 Å². The van der Waals surface area contributed by atoms with E-state index < -0.39 is 0 Å². The molecule has 2 heterocycles. The molecule has 4 nitrogen and oxygen atoms in total. The number of rotatable bonds is 2. The summed E-state index contributed by atoms with van der Waals surface area (Å²) in [6.45, 7) is 0. The van der Waals surface area contributed by atoms with Crippen LogP contribution < -0.4 is 4.74 Å². The molecule has 0 amide bonds. The number of nitrogens with zero attached hydrogens (tertiary/aromatic N) is 2. The number of methoxy groups -OCH3 is 1. The minimum Gasteiger partial charge on any atom is -0.495 e. The highest BCUT2D eigenvalue weighted by Gasteiger charge is 2.09. The average molecular weight is 224 g/mol. The van der Waals surface area contributed by atoms with Gasteiger partial charge >= 0.3 is 0 Å². The average Bonchev–Trinajstić information content (AvgIpc) is 2.83. The topological polar surface area (TPSA) is 50.8 Å². The summed E-state index contributed by atoms with van der Waals surface area (Å²) in [7, 11) is 1.66. The number of aromatic nitrogens is 3. The second-order valence-electron chi connectivity index (χ2n) is 3.63. The van der Waals surface area contributed by atoms with E-state index >= 15 is 0 Å². The maximum Gasteiger partial charge on any atom is 0.198 e. The van der Waals surface area contributed by atoms with Crippen LogP contribution in [0.1, 0.15) is 0 Å². The van der Waals surface area contributed by atoms with Gasteiger partial charge in [-0.05, 0) is 12.1 Å². The molecule has 4 heteroatoms. The van der Waals surface area contributed by atoms with Gasteiger partial charge in [0, 0.05) is 23.3 Å². The maximum atomic E-state index is 5.30. The van der Waals surface area contributed by atoms with E-state index in [1.807, 2.05) is 30.5 Å². The van der Waals surface area contributed by atoms with Gasteiger partial charge in [0.2, 0.25) is 0 Å². The quantitative estimate of drug-likeness (QED) is 0.727. The summed E-state index contributed by atoms with van der Waals surface area (Å²) in [5.41, 5.74) is 2.85. The van der Waals surface area contributed by atoms with Crippen molar-refractivity contribution in [1.29, 1.82) is 0 Å². The molecule has 1 N–H and O–H groups in total. The fraction of sp³-hybridized carbons (Fsp3) is 0.0769. The van der Waals surface area contributed by atoms with Gasteiger partial charge in [0.25, 0.3) is 0 Å². The zero-order valence-electron chi connectivity index (χ0n) is 9.27. The molecular weight excluding hydrogens is 214 g/mol. The van der Waals surface area contributed by atoms with Crippen molar-refractivity contribution in [2.75, 3.05) is 7.11 Å². The molecule has 0 fully saturated rings. The predicted molar refractivity (Wildman–Crippen MR) is 64.7 cm³/mol. The Bertz CT molecular complexity index is 646. The first-order chi connectivity index (χ1) is 8.40. The Balaban J connectivity index is 2.26. The number of fused-ring (bicyclic) bond motifs is 1. The molecule has 0 unspecified atom stereocenters. The second kappa shape index (κ2) is 3.90. The fourth-order valence-electron chi connectivity index (χ4n) is 1.92. The first kappa shape index (κ1) is 9.84. The van der Waals surface area contributed by atoms with E-state index in [-0.39, 0.29) is 0 Å². The lowest BCUT2D eigenvalue weighted by Gasteiger charge is -2.01. The molecule has 0 spiro atoms. The van der Waals surface area contributed by atoms with Crippen molar-refractivity contribution in [3.8, 4) is 17.0 Å². The number of H-pyrrole nitrogens is 1. The van der Waals surface area contributed by atoms with Crippen LogP contribution in [0.5, 0.6) is 5.75 Å². The van der Waals surface area contributed by atoms with Crippen LogP contribution in [0.3, 0.4) is 0 Å². The number of nitrogens with one attached hydrogen (secondary N) is 1. The SMILES string of the molecule is COc1cccc2c(-c3ccn[c]n3)c[nH]c12. The van der Waals surface area contributed by atoms with Crippen molar-refractivity contribution in [3.63, 3.8) is 0 Å². The molecule has 0 bridgehead atoms. The molecule has 3 aromatic rings. The summed E-state index contributed by atoms with van der Waals surface area (Å²) in [5.74, 6) is 0.826. The second-order valence-corrected chi connectivity index (χ2v) is 3.63. The van der Waals surface area contributed by atoms with Crippen molar-refractivity contribution in [3.05, 3.63) is 43.0 Å². The largest absolute Gasteiger partial charge is 0.495 e. The van der Waals surface area contributed by atoms with Crippen molar-refractivity contribution >= 4 is 10.9 Å². The number of para-hydroxylation sites is 1. The van der Waals surface area contributed by atoms with Gasteiger partial charge < -0.3 is 9.72 Å². The molecule has 0 aliphatic heterocycles. The molecular formula is C13H10N3O. The summed E-state index contributed by atoms with van der Waals surface area (Å²) >= 11 is 0. The molecule has 0 saturated heterocycles. The van der Waals surface area contributed by atoms with E-state index in [4.69, 9.17) is 4.74 Å². The first-order valence-electron chi connectivity index (χ1n) is 5.23. The van der Waals surface area contributed by atoms with Gasteiger partial charge in [0.05, 0.1) is 18.3 Å². The Morgan fingerprint density at radius 1 is 1.29 bits per heavy atom. The minimum absolute atomic E-state index is 0.826. The predicted octanol–water partition coefficient (Wildman–Crippen LogP) is 2.43. The summed E-state index contributed by atoms with van der Waals surface area (Å²) in [6.07, 6.45) is 6.20. The molecule has 3 rings (SSSR count). The molecule has 0 aliphatic carbocycles. The third-order valence-corrected chi connectivity index (χ3v) is 2.71. The van der Waals surface area contributed by atoms with Gasteiger partial charge in [-0.25, -0.2) is 9.97 Å². The third-order valence-electron chi connectivity index (χ3n) is 2.71. The Morgan fingerprint density at radius 3 is 3.00 bits per heavy atom. The number of benzene rings is 1. The van der Waals surface area contributed by atoms with Crippen LogP contribution in [-0.4, -0.2) is 22.1 Å². The monoisotopic (exact) mass is 224 g/mol. The normalized spacial score (nSPS) is 10.6. The minimum atomic E-state index is 0.826. The zero-order valence-corrected chi connectivity index (χ0v) is 9.27. The van der Waals surface area contributed by atoms with Crippen molar-refractivity contribution in [2.24, 2.45) is 0 Å². The van der Waals surface area contributed by atoms with E-state index in [0.29, 0.717) is 0 Å². The van der Waals surface area contributed by atoms with Gasteiger partial charge in [0.1, 0.15) is 5.75 Å². The van der Waals surface area contributed by atoms with Crippen molar-refractivity contribution in [1.82, 2.24) is 15.0 Å². The molecule has 17 heavy (non-hydrogen) atoms. The highest BCUT2D eigenvalue weighted by atomic mass is 16.5. The number of ether oxygens (including phenoxy) is 1. The molecule has 83 valence electrons. The van der Waals surface area contributed by atoms with Gasteiger partial charge in [-0.3, -0.25) is 0 Å². The van der Waals surface area contributed by atoms with Crippen LogP contribution in [0.15, 0.2) is 36.7 Å². The van der Waals surface area contributed by atoms with E-state index in [9.17, 15) is 0 Å². The summed E-state index contributed by atoms with van der Waals surface area (Å²) in [6, 6.07) is 7.78. The van der Waals surface area contributed by atoms with Crippen LogP contribution in [0.25, 0.3) is 22.2 Å². The number of hydrogen-bond acceptors (Lipinski definition) is 3. The zero-order chi connectivity index (χ0) is 11.7. The Kier molecular flexibility index (Phi) is 2.26. The smallest absolute Gasteiger partial charge is 0.198 e. The molecule has 0 saturated carbocycles. The third kappa shape index (κ3) is 1.54. The highest BCUT2D eigenvalue weighted by molar-refractivity contribution is 5.97. The molecule has 0 aliphatic rings. The van der Waals surface area contributed by atoms with Crippen LogP contribution in [0.2, 0.25) is 0 Å². The summed E-state index contributed by atoms with van der Waals surface area (Å²) in [5, 5.41) is 1.08. The summed E-state index contributed by atoms with van der Waals surface area (Å²) in [4.78, 5) is 11.1. The number of aromatic amines is 1. The standard InChI is InChI=1S/C13H10N3O/c1-17-12-4-2-3-9-10(7-15-13(9)12)11-5-6-14-8-16-11/h2-7,15H,1H3. The first-order valence-corrected chi connectivity index (χ1v) is 5.23. The van der Waals surface area contributed by atoms with E-state index in [1.54, 1.807) is 13.3 Å². The lowest BCUT2D eigenvalue weighted by molar-refractivity contribution is 0.419. The molecule has 1 radical (unpaired) electrons. The van der Waals surface area contributed by atoms with E-state index in [0.717, 1.165) is 27.9 Å². The van der Waals surface area contributed by atoms with Crippen LogP contribution in [0, 0.1) is 6.33 Å². The lowest BCUT2D eigenvalue weighted by Crippen LogP contribution is -1.84. The van der Waals surface area contributed by atoms with Gasteiger partial charge in [-0.2, -0.15) is 0 Å². The van der Waals surface area contributed by atoms with Gasteiger partial charge in [0.15, 0.2) is 6.33 Å². The Hall–Kier alpha value is -2.36. The van der Waals surface area contributed by atoms with Crippen molar-refractivity contribution < 1.29 is 4.74 Å². The maximum absolute atomic E-state index is 5.30. The summed E-state index contributed by atoms with van der Waals surface area (Å²) < 4.78 is 5.30. The Labute approximate surface area is 98.3 Å². The van der Waals surface area contributed by atoms with E-state index in [2.05, 4.69) is 21.3 Å². The van der Waals surface area contributed by atoms with Crippen LogP contribution in [-0.2, 0) is 0 Å². The molecule has 2 aromatic heterocycles.